The van der Waals surface area contributed by atoms with Gasteiger partial charge in [0.25, 0.3) is 0 Å². The molecule has 0 aromatic carbocycles. The fraction of sp³-hybridized carbons (Fsp3) is 0.800. The Bertz CT molecular complexity index is 327. The monoisotopic (exact) mass is 284 g/mol. The normalized spacial score (nSPS) is 17.3. The molecule has 0 saturated carbocycles. The van der Waals surface area contributed by atoms with Crippen molar-refractivity contribution in [2.75, 3.05) is 39.3 Å². The molecule has 9 heteroatoms. The first-order valence-corrected chi connectivity index (χ1v) is 5.70. The summed E-state index contributed by atoms with van der Waals surface area (Å²) in [4.78, 5) is 24.7. The first-order valence-electron chi connectivity index (χ1n) is 5.70. The summed E-state index contributed by atoms with van der Waals surface area (Å²) in [5.41, 5.74) is 0. The average molecular weight is 284 g/mol. The summed E-state index contributed by atoms with van der Waals surface area (Å²) >= 11 is 0. The van der Waals surface area contributed by atoms with Crippen LogP contribution in [0.25, 0.3) is 0 Å². The highest BCUT2D eigenvalue weighted by Crippen LogP contribution is 2.15. The van der Waals surface area contributed by atoms with E-state index in [1.54, 1.807) is 0 Å². The molecule has 1 heterocycles. The Balaban J connectivity index is 2.25. The van der Waals surface area contributed by atoms with Crippen LogP contribution >= 0.6 is 0 Å². The Morgan fingerprint density at radius 1 is 1.16 bits per heavy atom. The number of carbonyl (C=O) groups excluding carboxylic acids is 1. The number of halogens is 3. The van der Waals surface area contributed by atoms with E-state index in [-0.39, 0.29) is 19.5 Å². The van der Waals surface area contributed by atoms with E-state index in [2.05, 4.69) is 4.74 Å². The van der Waals surface area contributed by atoms with Gasteiger partial charge in [0.1, 0.15) is 0 Å². The molecule has 1 rings (SSSR count). The Morgan fingerprint density at radius 3 is 2.21 bits per heavy atom. The third kappa shape index (κ3) is 6.27. The topological polar surface area (TPSA) is 70.1 Å². The minimum atomic E-state index is -4.53. The smallest absolute Gasteiger partial charge is 0.422 e. The number of carboxylic acid groups (broad SMARTS) is 1. The van der Waals surface area contributed by atoms with Crippen molar-refractivity contribution in [1.29, 1.82) is 0 Å². The molecule has 1 aliphatic heterocycles. The van der Waals surface area contributed by atoms with Gasteiger partial charge in [-0.3, -0.25) is 9.69 Å². The Morgan fingerprint density at radius 2 is 1.74 bits per heavy atom. The van der Waals surface area contributed by atoms with Gasteiger partial charge in [-0.25, -0.2) is 4.79 Å². The van der Waals surface area contributed by atoms with Crippen LogP contribution in [0.3, 0.4) is 0 Å². The SMILES string of the molecule is O=C(O)CCN1CCN(C(=O)OCC(F)(F)F)CC1. The standard InChI is InChI=1S/C10H15F3N2O4/c11-10(12,13)7-19-9(18)15-5-3-14(4-6-15)2-1-8(16)17/h1-7H2,(H,16,17). The predicted molar refractivity (Wildman–Crippen MR) is 57.7 cm³/mol. The number of alkyl halides is 3. The van der Waals surface area contributed by atoms with Crippen molar-refractivity contribution in [2.24, 2.45) is 0 Å². The van der Waals surface area contributed by atoms with E-state index >= 15 is 0 Å². The number of hydrogen-bond donors (Lipinski definition) is 1. The van der Waals surface area contributed by atoms with Crippen LogP contribution < -0.4 is 0 Å². The minimum Gasteiger partial charge on any atom is -0.481 e. The Labute approximate surface area is 107 Å². The van der Waals surface area contributed by atoms with Crippen LogP contribution in [0.5, 0.6) is 0 Å². The van der Waals surface area contributed by atoms with Crippen LogP contribution in [0.4, 0.5) is 18.0 Å². The molecule has 1 N–H and O–H groups in total. The summed E-state index contributed by atoms with van der Waals surface area (Å²) in [6.45, 7) is 0.0846. The largest absolute Gasteiger partial charge is 0.481 e. The van der Waals surface area contributed by atoms with E-state index in [1.165, 1.54) is 4.90 Å². The van der Waals surface area contributed by atoms with Crippen LogP contribution in [0.2, 0.25) is 0 Å². The second-order valence-corrected chi connectivity index (χ2v) is 4.14. The van der Waals surface area contributed by atoms with Crippen molar-refractivity contribution >= 4 is 12.1 Å². The lowest BCUT2D eigenvalue weighted by atomic mass is 10.3. The van der Waals surface area contributed by atoms with Gasteiger partial charge in [0.05, 0.1) is 6.42 Å². The molecule has 0 aliphatic carbocycles. The van der Waals surface area contributed by atoms with Gasteiger partial charge in [-0.1, -0.05) is 0 Å². The van der Waals surface area contributed by atoms with Crippen LogP contribution in [-0.4, -0.2) is 72.5 Å². The molecule has 110 valence electrons. The third-order valence-electron chi connectivity index (χ3n) is 2.63. The number of carbonyl (C=O) groups is 2. The van der Waals surface area contributed by atoms with E-state index in [4.69, 9.17) is 5.11 Å². The van der Waals surface area contributed by atoms with Gasteiger partial charge in [0.2, 0.25) is 0 Å². The summed E-state index contributed by atoms with van der Waals surface area (Å²) in [6, 6.07) is 0. The van der Waals surface area contributed by atoms with Crippen molar-refractivity contribution < 1.29 is 32.6 Å². The highest BCUT2D eigenvalue weighted by Gasteiger charge is 2.31. The molecule has 0 unspecified atom stereocenters. The molecular formula is C10H15F3N2O4. The number of piperazine rings is 1. The van der Waals surface area contributed by atoms with E-state index in [9.17, 15) is 22.8 Å². The fourth-order valence-electron chi connectivity index (χ4n) is 1.64. The molecule has 0 aromatic heterocycles. The predicted octanol–water partition coefficient (Wildman–Crippen LogP) is 0.778. The molecule has 1 amide bonds. The highest BCUT2D eigenvalue weighted by atomic mass is 19.4. The first kappa shape index (κ1) is 15.5. The van der Waals surface area contributed by atoms with Crippen molar-refractivity contribution in [1.82, 2.24) is 9.80 Å². The molecule has 0 radical (unpaired) electrons. The van der Waals surface area contributed by atoms with Gasteiger partial charge >= 0.3 is 18.2 Å². The zero-order chi connectivity index (χ0) is 14.5. The van der Waals surface area contributed by atoms with E-state index in [0.29, 0.717) is 19.6 Å². The molecule has 1 aliphatic rings. The number of ether oxygens (including phenoxy) is 1. The van der Waals surface area contributed by atoms with E-state index < -0.39 is 24.8 Å². The molecule has 1 fully saturated rings. The van der Waals surface area contributed by atoms with Crippen LogP contribution in [0.1, 0.15) is 6.42 Å². The summed E-state index contributed by atoms with van der Waals surface area (Å²) in [6.07, 6.45) is -5.52. The minimum absolute atomic E-state index is 0.00147. The molecule has 0 bridgehead atoms. The summed E-state index contributed by atoms with van der Waals surface area (Å²) in [5.74, 6) is -0.910. The molecule has 0 aromatic rings. The van der Waals surface area contributed by atoms with Gasteiger partial charge in [-0.2, -0.15) is 13.2 Å². The Hall–Kier alpha value is -1.51. The molecule has 1 saturated heterocycles. The summed E-state index contributed by atoms with van der Waals surface area (Å²) in [7, 11) is 0. The van der Waals surface area contributed by atoms with Gasteiger partial charge in [0, 0.05) is 32.7 Å². The lowest BCUT2D eigenvalue weighted by molar-refractivity contribution is -0.162. The second-order valence-electron chi connectivity index (χ2n) is 4.14. The number of aliphatic carboxylic acids is 1. The molecule has 6 nitrogen and oxygen atoms in total. The second kappa shape index (κ2) is 6.60. The average Bonchev–Trinajstić information content (AvgIpc) is 2.33. The number of hydrogen-bond acceptors (Lipinski definition) is 4. The number of carboxylic acids is 1. The number of nitrogens with zero attached hydrogens (tertiary/aromatic N) is 2. The zero-order valence-electron chi connectivity index (χ0n) is 10.2. The van der Waals surface area contributed by atoms with Crippen LogP contribution in [0.15, 0.2) is 0 Å². The maximum atomic E-state index is 11.9. The van der Waals surface area contributed by atoms with Crippen LogP contribution in [-0.2, 0) is 9.53 Å². The number of amides is 1. The van der Waals surface area contributed by atoms with Gasteiger partial charge in [-0.05, 0) is 0 Å². The van der Waals surface area contributed by atoms with Crippen molar-refractivity contribution in [3.63, 3.8) is 0 Å². The van der Waals surface area contributed by atoms with Crippen molar-refractivity contribution in [3.05, 3.63) is 0 Å². The maximum Gasteiger partial charge on any atom is 0.422 e. The van der Waals surface area contributed by atoms with Crippen LogP contribution in [0, 0.1) is 0 Å². The summed E-state index contributed by atoms with van der Waals surface area (Å²) in [5, 5.41) is 8.51. The molecule has 0 atom stereocenters. The number of rotatable bonds is 4. The van der Waals surface area contributed by atoms with Gasteiger partial charge in [0.15, 0.2) is 6.61 Å². The lowest BCUT2D eigenvalue weighted by Gasteiger charge is -2.33. The summed E-state index contributed by atoms with van der Waals surface area (Å²) < 4.78 is 39.7. The lowest BCUT2D eigenvalue weighted by Crippen LogP contribution is -2.49. The Kier molecular flexibility index (Phi) is 5.40. The van der Waals surface area contributed by atoms with Crippen molar-refractivity contribution in [2.45, 2.75) is 12.6 Å². The molecular weight excluding hydrogens is 269 g/mol. The molecule has 19 heavy (non-hydrogen) atoms. The molecule has 0 spiro atoms. The van der Waals surface area contributed by atoms with Crippen molar-refractivity contribution in [3.8, 4) is 0 Å². The highest BCUT2D eigenvalue weighted by molar-refractivity contribution is 5.68. The first-order chi connectivity index (χ1) is 8.78. The zero-order valence-corrected chi connectivity index (χ0v) is 10.2. The van der Waals surface area contributed by atoms with E-state index in [0.717, 1.165) is 0 Å². The third-order valence-corrected chi connectivity index (χ3v) is 2.63. The van der Waals surface area contributed by atoms with Gasteiger partial charge in [-0.15, -0.1) is 0 Å². The van der Waals surface area contributed by atoms with E-state index in [1.807, 2.05) is 4.90 Å². The fourth-order valence-corrected chi connectivity index (χ4v) is 1.64. The quantitative estimate of drug-likeness (QED) is 0.826. The maximum absolute atomic E-state index is 11.9. The van der Waals surface area contributed by atoms with Gasteiger partial charge < -0.3 is 14.7 Å².